The first-order valence-corrected chi connectivity index (χ1v) is 6.15. The van der Waals surface area contributed by atoms with Gasteiger partial charge in [-0.2, -0.15) is 0 Å². The van der Waals surface area contributed by atoms with E-state index < -0.39 is 12.1 Å². The van der Waals surface area contributed by atoms with Crippen molar-refractivity contribution in [3.05, 3.63) is 34.9 Å². The Labute approximate surface area is 108 Å². The van der Waals surface area contributed by atoms with E-state index in [4.69, 9.17) is 5.11 Å². The molecule has 0 heterocycles. The number of hydrogen-bond acceptors (Lipinski definition) is 3. The van der Waals surface area contributed by atoms with Crippen LogP contribution in [0.4, 0.5) is 0 Å². The van der Waals surface area contributed by atoms with Gasteiger partial charge in [0, 0.05) is 6.54 Å². The number of carboxylic acid groups (broad SMARTS) is 1. The molecule has 100 valence electrons. The topological polar surface area (TPSA) is 69.6 Å². The summed E-state index contributed by atoms with van der Waals surface area (Å²) in [5.74, 6) is -0.974. The molecule has 0 aliphatic heterocycles. The summed E-state index contributed by atoms with van der Waals surface area (Å²) in [7, 11) is 0. The van der Waals surface area contributed by atoms with E-state index >= 15 is 0 Å². The van der Waals surface area contributed by atoms with Gasteiger partial charge >= 0.3 is 5.97 Å². The molecule has 0 fully saturated rings. The first-order valence-electron chi connectivity index (χ1n) is 6.15. The van der Waals surface area contributed by atoms with Crippen LogP contribution in [0.25, 0.3) is 0 Å². The van der Waals surface area contributed by atoms with E-state index in [2.05, 4.69) is 37.4 Å². The van der Waals surface area contributed by atoms with Crippen molar-refractivity contribution in [3.63, 3.8) is 0 Å². The molecule has 1 atom stereocenters. The molecule has 0 amide bonds. The summed E-state index contributed by atoms with van der Waals surface area (Å²) in [6, 6.07) is 6.35. The number of carboxylic acids is 1. The number of aliphatic hydroxyl groups excluding tert-OH is 1. The van der Waals surface area contributed by atoms with Crippen molar-refractivity contribution in [2.45, 2.75) is 32.8 Å². The highest BCUT2D eigenvalue weighted by molar-refractivity contribution is 5.67. The second-order valence-corrected chi connectivity index (χ2v) is 4.62. The van der Waals surface area contributed by atoms with Gasteiger partial charge in [0.25, 0.3) is 0 Å². The fourth-order valence-electron chi connectivity index (χ4n) is 1.73. The maximum Gasteiger partial charge on any atom is 0.306 e. The number of hydrogen-bond donors (Lipinski definition) is 3. The van der Waals surface area contributed by atoms with Gasteiger partial charge in [0.15, 0.2) is 0 Å². The van der Waals surface area contributed by atoms with Gasteiger partial charge in [-0.3, -0.25) is 4.79 Å². The highest BCUT2D eigenvalue weighted by Gasteiger charge is 2.08. The van der Waals surface area contributed by atoms with E-state index in [0.717, 1.165) is 13.0 Å². The molecule has 4 heteroatoms. The van der Waals surface area contributed by atoms with Crippen LogP contribution in [0.15, 0.2) is 18.2 Å². The molecule has 0 aliphatic carbocycles. The minimum absolute atomic E-state index is 0.212. The normalized spacial score (nSPS) is 12.4. The fraction of sp³-hybridized carbons (Fsp3) is 0.500. The SMILES string of the molecule is Cc1ccc(CCNCC(O)CC(=O)O)cc1C. The highest BCUT2D eigenvalue weighted by atomic mass is 16.4. The molecule has 0 saturated carbocycles. The first kappa shape index (κ1) is 14.7. The molecule has 1 unspecified atom stereocenters. The quantitative estimate of drug-likeness (QED) is 0.638. The third-order valence-electron chi connectivity index (χ3n) is 2.95. The summed E-state index contributed by atoms with van der Waals surface area (Å²) in [6.45, 7) is 5.22. The van der Waals surface area contributed by atoms with Crippen LogP contribution in [0.1, 0.15) is 23.1 Å². The zero-order chi connectivity index (χ0) is 13.5. The average Bonchev–Trinajstić information content (AvgIpc) is 2.28. The largest absolute Gasteiger partial charge is 0.481 e. The van der Waals surface area contributed by atoms with Crippen LogP contribution in [-0.4, -0.2) is 35.4 Å². The van der Waals surface area contributed by atoms with Crippen LogP contribution in [0.2, 0.25) is 0 Å². The van der Waals surface area contributed by atoms with E-state index in [9.17, 15) is 9.90 Å². The zero-order valence-corrected chi connectivity index (χ0v) is 10.9. The Morgan fingerprint density at radius 2 is 2.06 bits per heavy atom. The average molecular weight is 251 g/mol. The van der Waals surface area contributed by atoms with Crippen molar-refractivity contribution in [1.82, 2.24) is 5.32 Å². The maximum absolute atomic E-state index is 10.3. The smallest absolute Gasteiger partial charge is 0.306 e. The van der Waals surface area contributed by atoms with E-state index in [1.54, 1.807) is 0 Å². The van der Waals surface area contributed by atoms with Crippen molar-refractivity contribution in [1.29, 1.82) is 0 Å². The van der Waals surface area contributed by atoms with Crippen LogP contribution in [0, 0.1) is 13.8 Å². The number of benzene rings is 1. The van der Waals surface area contributed by atoms with Gasteiger partial charge in [0.1, 0.15) is 0 Å². The number of aliphatic hydroxyl groups is 1. The number of nitrogens with one attached hydrogen (secondary N) is 1. The Morgan fingerprint density at radius 3 is 2.67 bits per heavy atom. The summed E-state index contributed by atoms with van der Waals surface area (Å²) in [6.07, 6.45) is -0.153. The number of aryl methyl sites for hydroxylation is 2. The summed E-state index contributed by atoms with van der Waals surface area (Å²) in [4.78, 5) is 10.3. The highest BCUT2D eigenvalue weighted by Crippen LogP contribution is 2.09. The number of aliphatic carboxylic acids is 1. The van der Waals surface area contributed by atoms with Crippen LogP contribution >= 0.6 is 0 Å². The lowest BCUT2D eigenvalue weighted by Crippen LogP contribution is -2.30. The Kier molecular flexibility index (Phi) is 5.82. The van der Waals surface area contributed by atoms with Crippen molar-refractivity contribution in [2.75, 3.05) is 13.1 Å². The third-order valence-corrected chi connectivity index (χ3v) is 2.95. The lowest BCUT2D eigenvalue weighted by atomic mass is 10.0. The monoisotopic (exact) mass is 251 g/mol. The van der Waals surface area contributed by atoms with Crippen molar-refractivity contribution in [3.8, 4) is 0 Å². The molecule has 4 nitrogen and oxygen atoms in total. The van der Waals surface area contributed by atoms with Crippen molar-refractivity contribution < 1.29 is 15.0 Å². The maximum atomic E-state index is 10.3. The number of carbonyl (C=O) groups is 1. The molecule has 1 aromatic rings. The van der Waals surface area contributed by atoms with Gasteiger partial charge in [-0.1, -0.05) is 18.2 Å². The Morgan fingerprint density at radius 1 is 1.33 bits per heavy atom. The molecule has 0 radical (unpaired) electrons. The third kappa shape index (κ3) is 5.29. The van der Waals surface area contributed by atoms with Gasteiger partial charge in [-0.15, -0.1) is 0 Å². The summed E-state index contributed by atoms with van der Waals surface area (Å²) >= 11 is 0. The van der Waals surface area contributed by atoms with Crippen molar-refractivity contribution >= 4 is 5.97 Å². The van der Waals surface area contributed by atoms with Crippen LogP contribution < -0.4 is 5.32 Å². The Hall–Kier alpha value is -1.39. The second-order valence-electron chi connectivity index (χ2n) is 4.62. The van der Waals surface area contributed by atoms with E-state index in [1.807, 2.05) is 0 Å². The van der Waals surface area contributed by atoms with E-state index in [0.29, 0.717) is 6.54 Å². The molecule has 0 aromatic heterocycles. The predicted molar refractivity (Wildman–Crippen MR) is 70.7 cm³/mol. The standard InChI is InChI=1S/C14H21NO3/c1-10-3-4-12(7-11(10)2)5-6-15-9-13(16)8-14(17)18/h3-4,7,13,15-16H,5-6,8-9H2,1-2H3,(H,17,18). The van der Waals surface area contributed by atoms with Gasteiger partial charge in [-0.05, 0) is 43.5 Å². The van der Waals surface area contributed by atoms with Crippen molar-refractivity contribution in [2.24, 2.45) is 0 Å². The first-order chi connectivity index (χ1) is 8.49. The van der Waals surface area contributed by atoms with E-state index in [-0.39, 0.29) is 6.42 Å². The van der Waals surface area contributed by atoms with Gasteiger partial charge in [0.05, 0.1) is 12.5 Å². The molecule has 0 saturated heterocycles. The second kappa shape index (κ2) is 7.13. The lowest BCUT2D eigenvalue weighted by Gasteiger charge is -2.10. The van der Waals surface area contributed by atoms with E-state index in [1.165, 1.54) is 16.7 Å². The number of rotatable bonds is 7. The lowest BCUT2D eigenvalue weighted by molar-refractivity contribution is -0.139. The summed E-state index contributed by atoms with van der Waals surface area (Å²) < 4.78 is 0. The Balaban J connectivity index is 2.25. The summed E-state index contributed by atoms with van der Waals surface area (Å²) in [5.41, 5.74) is 3.81. The predicted octanol–water partition coefficient (Wildman–Crippen LogP) is 1.27. The molecule has 1 aromatic carbocycles. The van der Waals surface area contributed by atoms with Crippen LogP contribution in [0.3, 0.4) is 0 Å². The molecule has 0 bridgehead atoms. The molecule has 3 N–H and O–H groups in total. The summed E-state index contributed by atoms with van der Waals surface area (Å²) in [5, 5.41) is 20.9. The Bertz CT molecular complexity index is 404. The molecule has 0 aliphatic rings. The minimum atomic E-state index is -0.974. The van der Waals surface area contributed by atoms with Gasteiger partial charge in [-0.25, -0.2) is 0 Å². The van der Waals surface area contributed by atoms with Crippen LogP contribution in [-0.2, 0) is 11.2 Å². The van der Waals surface area contributed by atoms with Gasteiger partial charge in [0.2, 0.25) is 0 Å². The molecule has 18 heavy (non-hydrogen) atoms. The fourth-order valence-corrected chi connectivity index (χ4v) is 1.73. The molecule has 0 spiro atoms. The van der Waals surface area contributed by atoms with Crippen LogP contribution in [0.5, 0.6) is 0 Å². The minimum Gasteiger partial charge on any atom is -0.481 e. The van der Waals surface area contributed by atoms with Gasteiger partial charge < -0.3 is 15.5 Å². The molecule has 1 rings (SSSR count). The molecular weight excluding hydrogens is 230 g/mol. The zero-order valence-electron chi connectivity index (χ0n) is 10.9. The molecular formula is C14H21NO3.